The van der Waals surface area contributed by atoms with Gasteiger partial charge in [-0.1, -0.05) is 0 Å². The number of hydrogen-bond acceptors (Lipinski definition) is 4. The first-order valence-corrected chi connectivity index (χ1v) is 8.72. The molecule has 0 bridgehead atoms. The van der Waals surface area contributed by atoms with Crippen molar-refractivity contribution in [2.75, 3.05) is 20.6 Å². The van der Waals surface area contributed by atoms with Crippen LogP contribution in [0.1, 0.15) is 54.6 Å². The normalized spacial score (nSPS) is 20.7. The van der Waals surface area contributed by atoms with Crippen molar-refractivity contribution in [3.05, 3.63) is 33.7 Å². The van der Waals surface area contributed by atoms with E-state index < -0.39 is 0 Å². The summed E-state index contributed by atoms with van der Waals surface area (Å²) in [7, 11) is 3.94. The molecule has 1 amide bonds. The van der Waals surface area contributed by atoms with E-state index in [1.807, 2.05) is 38.9 Å². The minimum atomic E-state index is -0.260. The van der Waals surface area contributed by atoms with E-state index in [0.717, 1.165) is 37.8 Å². The van der Waals surface area contributed by atoms with Gasteiger partial charge >= 0.3 is 0 Å². The maximum Gasteiger partial charge on any atom is 0.263 e. The van der Waals surface area contributed by atoms with Gasteiger partial charge in [-0.2, -0.15) is 0 Å². The van der Waals surface area contributed by atoms with E-state index in [-0.39, 0.29) is 60.0 Å². The lowest BCUT2D eigenvalue weighted by molar-refractivity contribution is 0.0923. The monoisotopic (exact) mass is 406 g/mol. The lowest BCUT2D eigenvalue weighted by atomic mass is 9.91. The first-order valence-electron chi connectivity index (χ1n) is 8.72. The third-order valence-electron chi connectivity index (χ3n) is 4.77. The molecule has 1 heterocycles. The average molecular weight is 407 g/mol. The molecule has 0 spiro atoms. The molecule has 6 nitrogen and oxygen atoms in total. The first-order chi connectivity index (χ1) is 11.3. The Labute approximate surface area is 168 Å². The van der Waals surface area contributed by atoms with Crippen LogP contribution in [0.2, 0.25) is 0 Å². The van der Waals surface area contributed by atoms with Crippen LogP contribution >= 0.6 is 24.8 Å². The molecule has 3 N–H and O–H groups in total. The fourth-order valence-electron chi connectivity index (χ4n) is 3.40. The van der Waals surface area contributed by atoms with Crippen LogP contribution in [0.4, 0.5) is 0 Å². The largest absolute Gasteiger partial charge is 0.349 e. The Morgan fingerprint density at radius 1 is 1.31 bits per heavy atom. The van der Waals surface area contributed by atoms with Gasteiger partial charge in [0.2, 0.25) is 0 Å². The molecule has 1 aliphatic carbocycles. The van der Waals surface area contributed by atoms with Crippen LogP contribution in [0.15, 0.2) is 17.1 Å². The number of nitrogens with two attached hydrogens (primary N) is 1. The van der Waals surface area contributed by atoms with Crippen LogP contribution in [-0.2, 0) is 0 Å². The van der Waals surface area contributed by atoms with Crippen molar-refractivity contribution in [2.45, 2.75) is 57.7 Å². The molecule has 150 valence electrons. The van der Waals surface area contributed by atoms with Crippen LogP contribution < -0.4 is 16.6 Å². The third kappa shape index (κ3) is 6.27. The molecule has 1 aromatic rings. The molecular formula is C18H32Cl2N4O2. The molecule has 1 fully saturated rings. The molecule has 2 rings (SSSR count). The van der Waals surface area contributed by atoms with Gasteiger partial charge in [0.25, 0.3) is 11.5 Å². The molecule has 0 saturated heterocycles. The first kappa shape index (κ1) is 24.9. The van der Waals surface area contributed by atoms with Crippen molar-refractivity contribution in [3.63, 3.8) is 0 Å². The highest BCUT2D eigenvalue weighted by Crippen LogP contribution is 2.17. The Balaban J connectivity index is 0.00000312. The molecule has 1 aliphatic rings. The van der Waals surface area contributed by atoms with Gasteiger partial charge in [0, 0.05) is 30.9 Å². The quantitative estimate of drug-likeness (QED) is 0.784. The minimum absolute atomic E-state index is 0. The predicted octanol–water partition coefficient (Wildman–Crippen LogP) is 2.12. The lowest BCUT2D eigenvalue weighted by Gasteiger charge is -2.27. The maximum absolute atomic E-state index is 12.8. The molecule has 1 saturated carbocycles. The second kappa shape index (κ2) is 10.9. The Bertz CT molecular complexity index is 641. The zero-order valence-electron chi connectivity index (χ0n) is 16.0. The number of rotatable bonds is 5. The van der Waals surface area contributed by atoms with Crippen molar-refractivity contribution in [1.82, 2.24) is 14.8 Å². The van der Waals surface area contributed by atoms with Crippen molar-refractivity contribution in [2.24, 2.45) is 5.73 Å². The Kier molecular flexibility index (Phi) is 10.5. The van der Waals surface area contributed by atoms with Gasteiger partial charge < -0.3 is 20.5 Å². The SMILES string of the molecule is Cc1ccn(C(C)CN(C)C)c(=O)c1C(=O)NC1CCC(N)CC1.Cl.Cl. The van der Waals surface area contributed by atoms with E-state index >= 15 is 0 Å². The summed E-state index contributed by atoms with van der Waals surface area (Å²) in [6, 6.07) is 2.20. The van der Waals surface area contributed by atoms with Crippen LogP contribution in [0, 0.1) is 6.92 Å². The second-order valence-corrected chi connectivity index (χ2v) is 7.28. The standard InChI is InChI=1S/C18H30N4O2.2ClH/c1-12-9-10-22(13(2)11-21(3)4)18(24)16(12)17(23)20-15-7-5-14(19)6-8-15;;/h9-10,13-15H,5-8,11,19H2,1-4H3,(H,20,23);2*1H. The highest BCUT2D eigenvalue weighted by Gasteiger charge is 2.23. The number of aryl methyl sites for hydroxylation is 1. The van der Waals surface area contributed by atoms with Crippen molar-refractivity contribution in [3.8, 4) is 0 Å². The van der Waals surface area contributed by atoms with Gasteiger partial charge in [-0.05, 0) is 65.3 Å². The van der Waals surface area contributed by atoms with Gasteiger partial charge in [0.15, 0.2) is 0 Å². The van der Waals surface area contributed by atoms with Crippen LogP contribution in [0.5, 0.6) is 0 Å². The molecular weight excluding hydrogens is 375 g/mol. The van der Waals surface area contributed by atoms with E-state index in [2.05, 4.69) is 5.32 Å². The van der Waals surface area contributed by atoms with Gasteiger partial charge in [-0.3, -0.25) is 9.59 Å². The van der Waals surface area contributed by atoms with Gasteiger partial charge in [-0.25, -0.2) is 0 Å². The van der Waals surface area contributed by atoms with Crippen molar-refractivity contribution in [1.29, 1.82) is 0 Å². The van der Waals surface area contributed by atoms with Crippen LogP contribution in [0.25, 0.3) is 0 Å². The fraction of sp³-hybridized carbons (Fsp3) is 0.667. The molecule has 1 atom stereocenters. The number of carbonyl (C=O) groups excluding carboxylic acids is 1. The van der Waals surface area contributed by atoms with E-state index in [0.29, 0.717) is 0 Å². The highest BCUT2D eigenvalue weighted by molar-refractivity contribution is 5.95. The van der Waals surface area contributed by atoms with E-state index in [9.17, 15) is 9.59 Å². The molecule has 0 aliphatic heterocycles. The Hall–Kier alpha value is -1.08. The summed E-state index contributed by atoms with van der Waals surface area (Å²) in [6.45, 7) is 4.54. The fourth-order valence-corrected chi connectivity index (χ4v) is 3.40. The number of pyridine rings is 1. The number of nitrogens with one attached hydrogen (secondary N) is 1. The number of aromatic nitrogens is 1. The molecule has 1 unspecified atom stereocenters. The summed E-state index contributed by atoms with van der Waals surface area (Å²) in [5.74, 6) is -0.260. The minimum Gasteiger partial charge on any atom is -0.349 e. The predicted molar refractivity (Wildman–Crippen MR) is 111 cm³/mol. The number of halogens is 2. The van der Waals surface area contributed by atoms with E-state index in [4.69, 9.17) is 5.73 Å². The van der Waals surface area contributed by atoms with Crippen LogP contribution in [-0.4, -0.2) is 48.1 Å². The Morgan fingerprint density at radius 2 is 1.88 bits per heavy atom. The summed E-state index contributed by atoms with van der Waals surface area (Å²) in [5, 5.41) is 3.03. The second-order valence-electron chi connectivity index (χ2n) is 7.28. The highest BCUT2D eigenvalue weighted by atomic mass is 35.5. The summed E-state index contributed by atoms with van der Waals surface area (Å²) in [5.41, 5.74) is 6.68. The van der Waals surface area contributed by atoms with Crippen molar-refractivity contribution < 1.29 is 4.79 Å². The van der Waals surface area contributed by atoms with Crippen molar-refractivity contribution >= 4 is 30.7 Å². The number of carbonyl (C=O) groups is 1. The summed E-state index contributed by atoms with van der Waals surface area (Å²) < 4.78 is 1.65. The summed E-state index contributed by atoms with van der Waals surface area (Å²) in [6.07, 6.45) is 5.38. The van der Waals surface area contributed by atoms with E-state index in [1.54, 1.807) is 10.8 Å². The van der Waals surface area contributed by atoms with E-state index in [1.165, 1.54) is 0 Å². The average Bonchev–Trinajstić information content (AvgIpc) is 2.49. The summed E-state index contributed by atoms with van der Waals surface area (Å²) in [4.78, 5) is 27.5. The number of nitrogens with zero attached hydrogens (tertiary/aromatic N) is 2. The number of amides is 1. The lowest BCUT2D eigenvalue weighted by Crippen LogP contribution is -2.43. The topological polar surface area (TPSA) is 80.4 Å². The van der Waals surface area contributed by atoms with Gasteiger partial charge in [0.1, 0.15) is 5.56 Å². The molecule has 0 aromatic carbocycles. The maximum atomic E-state index is 12.8. The number of likely N-dealkylation sites (N-methyl/N-ethyl adjacent to an activating group) is 1. The number of hydrogen-bond donors (Lipinski definition) is 2. The molecule has 1 aromatic heterocycles. The third-order valence-corrected chi connectivity index (χ3v) is 4.77. The van der Waals surface area contributed by atoms with Gasteiger partial charge in [0.05, 0.1) is 0 Å². The Morgan fingerprint density at radius 3 is 2.42 bits per heavy atom. The van der Waals surface area contributed by atoms with Crippen LogP contribution in [0.3, 0.4) is 0 Å². The molecule has 0 radical (unpaired) electrons. The molecule has 8 heteroatoms. The zero-order chi connectivity index (χ0) is 17.9. The van der Waals surface area contributed by atoms with Gasteiger partial charge in [-0.15, -0.1) is 24.8 Å². The summed E-state index contributed by atoms with van der Waals surface area (Å²) >= 11 is 0. The zero-order valence-corrected chi connectivity index (χ0v) is 17.7. The molecule has 26 heavy (non-hydrogen) atoms. The smallest absolute Gasteiger partial charge is 0.263 e.